The summed E-state index contributed by atoms with van der Waals surface area (Å²) in [7, 11) is 3.44. The van der Waals surface area contributed by atoms with E-state index < -0.39 is 0 Å². The minimum atomic E-state index is -0.156. The predicted octanol–water partition coefficient (Wildman–Crippen LogP) is 3.87. The van der Waals surface area contributed by atoms with Gasteiger partial charge in [0.1, 0.15) is 0 Å². The largest absolute Gasteiger partial charge is 0.348 e. The number of fused-ring (bicyclic) bond motifs is 1. The van der Waals surface area contributed by atoms with Crippen molar-refractivity contribution >= 4 is 28.7 Å². The maximum absolute atomic E-state index is 12.1. The second kappa shape index (κ2) is 8.32. The van der Waals surface area contributed by atoms with Crippen molar-refractivity contribution in [1.82, 2.24) is 10.2 Å². The Morgan fingerprint density at radius 2 is 1.63 bits per heavy atom. The van der Waals surface area contributed by atoms with Crippen molar-refractivity contribution in [3.8, 4) is 0 Å². The number of benzene rings is 3. The first-order valence-corrected chi connectivity index (χ1v) is 8.79. The van der Waals surface area contributed by atoms with Gasteiger partial charge in [0.05, 0.1) is 0 Å². The first-order valence-electron chi connectivity index (χ1n) is 8.79. The molecule has 0 saturated carbocycles. The molecule has 0 saturated heterocycles. The summed E-state index contributed by atoms with van der Waals surface area (Å²) < 4.78 is 0. The number of hydrogen-bond acceptors (Lipinski definition) is 2. The molecule has 0 radical (unpaired) electrons. The number of nitrogens with one attached hydrogen (secondary N) is 1. The van der Waals surface area contributed by atoms with Crippen LogP contribution >= 0.6 is 0 Å². The van der Waals surface area contributed by atoms with Crippen LogP contribution in [-0.4, -0.2) is 30.8 Å². The van der Waals surface area contributed by atoms with Gasteiger partial charge in [-0.3, -0.25) is 9.59 Å². The van der Waals surface area contributed by atoms with E-state index in [1.165, 1.54) is 4.90 Å². The summed E-state index contributed by atoms with van der Waals surface area (Å²) in [5.41, 5.74) is 2.58. The Morgan fingerprint density at radius 3 is 2.37 bits per heavy atom. The fraction of sp³-hybridized carbons (Fsp3) is 0.130. The van der Waals surface area contributed by atoms with E-state index in [1.54, 1.807) is 32.3 Å². The molecule has 0 unspecified atom stereocenters. The molecule has 0 bridgehead atoms. The van der Waals surface area contributed by atoms with Crippen LogP contribution in [0.25, 0.3) is 16.8 Å². The van der Waals surface area contributed by atoms with Crippen molar-refractivity contribution in [3.63, 3.8) is 0 Å². The molecule has 0 aliphatic carbocycles. The van der Waals surface area contributed by atoms with Crippen molar-refractivity contribution < 1.29 is 9.59 Å². The molecule has 0 heterocycles. The van der Waals surface area contributed by atoms with Gasteiger partial charge in [0.2, 0.25) is 5.91 Å². The molecule has 2 amide bonds. The lowest BCUT2D eigenvalue weighted by Gasteiger charge is -2.10. The van der Waals surface area contributed by atoms with Crippen LogP contribution in [0.15, 0.2) is 72.8 Å². The Morgan fingerprint density at radius 1 is 0.926 bits per heavy atom. The van der Waals surface area contributed by atoms with Crippen molar-refractivity contribution in [1.29, 1.82) is 0 Å². The monoisotopic (exact) mass is 358 g/mol. The molecule has 4 heteroatoms. The number of rotatable bonds is 5. The van der Waals surface area contributed by atoms with Crippen molar-refractivity contribution in [2.75, 3.05) is 14.1 Å². The highest BCUT2D eigenvalue weighted by Gasteiger charge is 2.07. The van der Waals surface area contributed by atoms with Crippen molar-refractivity contribution in [2.24, 2.45) is 0 Å². The van der Waals surface area contributed by atoms with E-state index in [2.05, 4.69) is 17.4 Å². The van der Waals surface area contributed by atoms with E-state index in [1.807, 2.05) is 48.5 Å². The molecule has 1 N–H and O–H groups in total. The summed E-state index contributed by atoms with van der Waals surface area (Å²) in [6, 6.07) is 21.4. The van der Waals surface area contributed by atoms with E-state index >= 15 is 0 Å². The highest BCUT2D eigenvalue weighted by molar-refractivity contribution is 5.96. The zero-order valence-corrected chi connectivity index (χ0v) is 15.5. The van der Waals surface area contributed by atoms with Gasteiger partial charge >= 0.3 is 0 Å². The fourth-order valence-corrected chi connectivity index (χ4v) is 2.83. The second-order valence-electron chi connectivity index (χ2n) is 6.52. The third-order valence-electron chi connectivity index (χ3n) is 4.31. The molecule has 0 spiro atoms. The number of amides is 2. The fourth-order valence-electron chi connectivity index (χ4n) is 2.83. The summed E-state index contributed by atoms with van der Waals surface area (Å²) >= 11 is 0. The van der Waals surface area contributed by atoms with Crippen LogP contribution in [0, 0.1) is 0 Å². The van der Waals surface area contributed by atoms with Gasteiger partial charge in [-0.05, 0) is 40.1 Å². The summed E-state index contributed by atoms with van der Waals surface area (Å²) in [5, 5.41) is 5.13. The topological polar surface area (TPSA) is 49.4 Å². The van der Waals surface area contributed by atoms with Gasteiger partial charge < -0.3 is 10.2 Å². The summed E-state index contributed by atoms with van der Waals surface area (Å²) in [5.74, 6) is -0.194. The van der Waals surface area contributed by atoms with Gasteiger partial charge in [-0.25, -0.2) is 0 Å². The third kappa shape index (κ3) is 4.61. The third-order valence-corrected chi connectivity index (χ3v) is 4.31. The SMILES string of the molecule is CN(C)C(=O)c1ccc(CNC(=O)/C=C/c2cccc3ccccc23)cc1. The molecular formula is C23H22N2O2. The molecule has 0 fully saturated rings. The summed E-state index contributed by atoms with van der Waals surface area (Å²) in [6.07, 6.45) is 3.38. The van der Waals surface area contributed by atoms with E-state index in [0.29, 0.717) is 12.1 Å². The van der Waals surface area contributed by atoms with Crippen LogP contribution in [0.5, 0.6) is 0 Å². The van der Waals surface area contributed by atoms with E-state index in [4.69, 9.17) is 0 Å². The molecule has 3 aromatic rings. The molecule has 0 aliphatic heterocycles. The highest BCUT2D eigenvalue weighted by atomic mass is 16.2. The van der Waals surface area contributed by atoms with Crippen LogP contribution in [0.2, 0.25) is 0 Å². The molecule has 3 rings (SSSR count). The molecule has 136 valence electrons. The summed E-state index contributed by atoms with van der Waals surface area (Å²) in [6.45, 7) is 0.412. The van der Waals surface area contributed by atoms with Crippen LogP contribution in [0.3, 0.4) is 0 Å². The summed E-state index contributed by atoms with van der Waals surface area (Å²) in [4.78, 5) is 25.6. The van der Waals surface area contributed by atoms with Crippen LogP contribution in [0.1, 0.15) is 21.5 Å². The van der Waals surface area contributed by atoms with Crippen LogP contribution in [0.4, 0.5) is 0 Å². The zero-order chi connectivity index (χ0) is 19.2. The Hall–Kier alpha value is -3.40. The van der Waals surface area contributed by atoms with Gasteiger partial charge in [-0.1, -0.05) is 54.6 Å². The number of hydrogen-bond donors (Lipinski definition) is 1. The minimum absolute atomic E-state index is 0.0383. The predicted molar refractivity (Wildman–Crippen MR) is 109 cm³/mol. The Labute approximate surface area is 159 Å². The first kappa shape index (κ1) is 18.4. The molecule has 0 aliphatic rings. The van der Waals surface area contributed by atoms with Crippen LogP contribution in [-0.2, 0) is 11.3 Å². The molecule has 0 atom stereocenters. The lowest BCUT2D eigenvalue weighted by molar-refractivity contribution is -0.116. The first-order chi connectivity index (χ1) is 13.0. The van der Waals surface area contributed by atoms with Gasteiger partial charge in [0.25, 0.3) is 5.91 Å². The van der Waals surface area contributed by atoms with Gasteiger partial charge in [-0.15, -0.1) is 0 Å². The Kier molecular flexibility index (Phi) is 5.67. The average Bonchev–Trinajstić information content (AvgIpc) is 2.70. The van der Waals surface area contributed by atoms with Crippen molar-refractivity contribution in [2.45, 2.75) is 6.54 Å². The molecular weight excluding hydrogens is 336 g/mol. The maximum atomic E-state index is 12.1. The standard InChI is InChI=1S/C23H22N2O2/c1-25(2)23(27)20-12-10-17(11-13-20)16-24-22(26)15-14-19-8-5-7-18-6-3-4-9-21(18)19/h3-15H,16H2,1-2H3,(H,24,26)/b15-14+. The molecule has 0 aromatic heterocycles. The average molecular weight is 358 g/mol. The molecule has 4 nitrogen and oxygen atoms in total. The van der Waals surface area contributed by atoms with E-state index in [0.717, 1.165) is 21.9 Å². The van der Waals surface area contributed by atoms with Crippen LogP contribution < -0.4 is 5.32 Å². The van der Waals surface area contributed by atoms with E-state index in [9.17, 15) is 9.59 Å². The van der Waals surface area contributed by atoms with Gasteiger partial charge in [0, 0.05) is 32.3 Å². The molecule has 27 heavy (non-hydrogen) atoms. The Bertz CT molecular complexity index is 983. The number of nitrogens with zero attached hydrogens (tertiary/aromatic N) is 1. The minimum Gasteiger partial charge on any atom is -0.348 e. The second-order valence-corrected chi connectivity index (χ2v) is 6.52. The zero-order valence-electron chi connectivity index (χ0n) is 15.5. The maximum Gasteiger partial charge on any atom is 0.253 e. The highest BCUT2D eigenvalue weighted by Crippen LogP contribution is 2.19. The van der Waals surface area contributed by atoms with Gasteiger partial charge in [-0.2, -0.15) is 0 Å². The lowest BCUT2D eigenvalue weighted by Crippen LogP contribution is -2.22. The van der Waals surface area contributed by atoms with Gasteiger partial charge in [0.15, 0.2) is 0 Å². The number of carbonyl (C=O) groups excluding carboxylic acids is 2. The lowest BCUT2D eigenvalue weighted by atomic mass is 10.0. The smallest absolute Gasteiger partial charge is 0.253 e. The number of carbonyl (C=O) groups is 2. The van der Waals surface area contributed by atoms with E-state index in [-0.39, 0.29) is 11.8 Å². The quantitative estimate of drug-likeness (QED) is 0.704. The van der Waals surface area contributed by atoms with Crippen molar-refractivity contribution in [3.05, 3.63) is 89.5 Å². The Balaban J connectivity index is 1.61. The normalized spacial score (nSPS) is 10.9. The molecule has 3 aromatic carbocycles.